The number of ether oxygens (including phenoxy) is 1. The molecule has 0 radical (unpaired) electrons. The van der Waals surface area contributed by atoms with Crippen LogP contribution in [0.15, 0.2) is 5.16 Å². The molecule has 1 fully saturated rings. The van der Waals surface area contributed by atoms with Crippen LogP contribution in [-0.4, -0.2) is 32.1 Å². The quantitative estimate of drug-likeness (QED) is 0.765. The van der Waals surface area contributed by atoms with Crippen molar-refractivity contribution in [2.45, 2.75) is 62.1 Å². The van der Waals surface area contributed by atoms with E-state index in [-0.39, 0.29) is 17.3 Å². The van der Waals surface area contributed by atoms with Crippen molar-refractivity contribution in [1.82, 2.24) is 14.8 Å². The Morgan fingerprint density at radius 2 is 2.22 bits per heavy atom. The number of carbonyl (C=O) groups is 1. The molecule has 1 saturated heterocycles. The molecule has 5 nitrogen and oxygen atoms in total. The SMILES string of the molecule is CC1CC(Sc2nnc3n2CCCCC3)C(=O)O1. The van der Waals surface area contributed by atoms with Crippen molar-refractivity contribution in [3.63, 3.8) is 0 Å². The molecular weight excluding hydrogens is 250 g/mol. The van der Waals surface area contributed by atoms with Crippen LogP contribution in [0, 0.1) is 0 Å². The van der Waals surface area contributed by atoms with Gasteiger partial charge in [-0.05, 0) is 19.8 Å². The second-order valence-electron chi connectivity index (χ2n) is 4.95. The van der Waals surface area contributed by atoms with Gasteiger partial charge in [0, 0.05) is 19.4 Å². The Morgan fingerprint density at radius 1 is 1.33 bits per heavy atom. The Bertz CT molecular complexity index is 460. The summed E-state index contributed by atoms with van der Waals surface area (Å²) in [4.78, 5) is 11.6. The number of rotatable bonds is 2. The van der Waals surface area contributed by atoms with Gasteiger partial charge in [0.1, 0.15) is 17.2 Å². The fourth-order valence-corrected chi connectivity index (χ4v) is 3.67. The van der Waals surface area contributed by atoms with Gasteiger partial charge in [-0.3, -0.25) is 4.79 Å². The summed E-state index contributed by atoms with van der Waals surface area (Å²) in [5.74, 6) is 0.952. The van der Waals surface area contributed by atoms with E-state index >= 15 is 0 Å². The minimum Gasteiger partial charge on any atom is -0.462 e. The number of carbonyl (C=O) groups excluding carboxylic acids is 1. The summed E-state index contributed by atoms with van der Waals surface area (Å²) < 4.78 is 7.35. The van der Waals surface area contributed by atoms with E-state index in [0.717, 1.165) is 30.4 Å². The zero-order valence-corrected chi connectivity index (χ0v) is 11.3. The molecule has 0 aromatic carbocycles. The van der Waals surface area contributed by atoms with E-state index in [1.165, 1.54) is 31.0 Å². The van der Waals surface area contributed by atoms with Crippen LogP contribution in [0.5, 0.6) is 0 Å². The monoisotopic (exact) mass is 267 g/mol. The Hall–Kier alpha value is -1.04. The summed E-state index contributed by atoms with van der Waals surface area (Å²) in [5.41, 5.74) is 0. The van der Waals surface area contributed by atoms with Gasteiger partial charge >= 0.3 is 5.97 Å². The number of esters is 1. The van der Waals surface area contributed by atoms with Crippen molar-refractivity contribution in [2.75, 3.05) is 0 Å². The number of thioether (sulfide) groups is 1. The molecule has 0 bridgehead atoms. The maximum Gasteiger partial charge on any atom is 0.319 e. The fourth-order valence-electron chi connectivity index (χ4n) is 2.49. The highest BCUT2D eigenvalue weighted by Crippen LogP contribution is 2.32. The number of aryl methyl sites for hydroxylation is 1. The van der Waals surface area contributed by atoms with Crippen LogP contribution >= 0.6 is 11.8 Å². The Balaban J connectivity index is 1.77. The van der Waals surface area contributed by atoms with Crippen molar-refractivity contribution in [2.24, 2.45) is 0 Å². The van der Waals surface area contributed by atoms with Gasteiger partial charge in [-0.2, -0.15) is 0 Å². The first kappa shape index (κ1) is 12.0. The van der Waals surface area contributed by atoms with Crippen molar-refractivity contribution >= 4 is 17.7 Å². The number of hydrogen-bond donors (Lipinski definition) is 0. The third-order valence-electron chi connectivity index (χ3n) is 3.45. The molecule has 0 amide bonds. The minimum absolute atomic E-state index is 0.0292. The smallest absolute Gasteiger partial charge is 0.319 e. The average Bonchev–Trinajstić information content (AvgIpc) is 2.75. The third kappa shape index (κ3) is 2.25. The molecule has 98 valence electrons. The largest absolute Gasteiger partial charge is 0.462 e. The average molecular weight is 267 g/mol. The van der Waals surface area contributed by atoms with Crippen LogP contribution in [0.2, 0.25) is 0 Å². The standard InChI is InChI=1S/C12H17N3O2S/c1-8-7-9(11(16)17-8)18-12-14-13-10-5-3-2-4-6-15(10)12/h8-9H,2-7H2,1H3. The molecule has 2 atom stereocenters. The van der Waals surface area contributed by atoms with E-state index in [4.69, 9.17) is 4.74 Å². The van der Waals surface area contributed by atoms with Crippen LogP contribution in [0.3, 0.4) is 0 Å². The lowest BCUT2D eigenvalue weighted by atomic mass is 10.2. The second-order valence-corrected chi connectivity index (χ2v) is 6.12. The number of nitrogens with zero attached hydrogens (tertiary/aromatic N) is 3. The van der Waals surface area contributed by atoms with Crippen molar-refractivity contribution in [1.29, 1.82) is 0 Å². The highest BCUT2D eigenvalue weighted by Gasteiger charge is 2.34. The van der Waals surface area contributed by atoms with Gasteiger partial charge in [0.25, 0.3) is 0 Å². The lowest BCUT2D eigenvalue weighted by Gasteiger charge is -2.08. The van der Waals surface area contributed by atoms with E-state index in [2.05, 4.69) is 14.8 Å². The zero-order valence-electron chi connectivity index (χ0n) is 10.5. The zero-order chi connectivity index (χ0) is 12.5. The third-order valence-corrected chi connectivity index (χ3v) is 4.63. The van der Waals surface area contributed by atoms with Crippen molar-refractivity contribution < 1.29 is 9.53 Å². The highest BCUT2D eigenvalue weighted by molar-refractivity contribution is 8.00. The molecule has 2 aliphatic rings. The van der Waals surface area contributed by atoms with Gasteiger partial charge in [0.2, 0.25) is 0 Å². The predicted molar refractivity (Wildman–Crippen MR) is 67.4 cm³/mol. The summed E-state index contributed by atoms with van der Waals surface area (Å²) in [6, 6.07) is 0. The van der Waals surface area contributed by atoms with E-state index in [9.17, 15) is 4.79 Å². The first-order valence-electron chi connectivity index (χ1n) is 6.53. The fraction of sp³-hybridized carbons (Fsp3) is 0.750. The van der Waals surface area contributed by atoms with Crippen molar-refractivity contribution in [3.8, 4) is 0 Å². The molecule has 2 unspecified atom stereocenters. The van der Waals surface area contributed by atoms with Crippen LogP contribution in [-0.2, 0) is 22.5 Å². The predicted octanol–water partition coefficient (Wildman–Crippen LogP) is 1.80. The summed E-state index contributed by atoms with van der Waals surface area (Å²) in [6.07, 6.45) is 5.40. The van der Waals surface area contributed by atoms with Gasteiger partial charge in [-0.15, -0.1) is 10.2 Å². The Labute approximate surface area is 110 Å². The number of aromatic nitrogens is 3. The second kappa shape index (κ2) is 4.91. The Kier molecular flexibility index (Phi) is 3.28. The van der Waals surface area contributed by atoms with E-state index in [0.29, 0.717) is 0 Å². The lowest BCUT2D eigenvalue weighted by Crippen LogP contribution is -2.11. The Morgan fingerprint density at radius 3 is 3.00 bits per heavy atom. The van der Waals surface area contributed by atoms with Crippen molar-refractivity contribution in [3.05, 3.63) is 5.82 Å². The van der Waals surface area contributed by atoms with Crippen LogP contribution in [0.4, 0.5) is 0 Å². The summed E-state index contributed by atoms with van der Waals surface area (Å²) in [5, 5.41) is 9.24. The molecule has 0 N–H and O–H groups in total. The summed E-state index contributed by atoms with van der Waals surface area (Å²) in [6.45, 7) is 2.91. The highest BCUT2D eigenvalue weighted by atomic mass is 32.2. The van der Waals surface area contributed by atoms with Gasteiger partial charge < -0.3 is 9.30 Å². The maximum absolute atomic E-state index is 11.6. The van der Waals surface area contributed by atoms with Gasteiger partial charge in [0.05, 0.1) is 0 Å². The number of fused-ring (bicyclic) bond motifs is 1. The van der Waals surface area contributed by atoms with Crippen LogP contribution in [0.1, 0.15) is 38.4 Å². The minimum atomic E-state index is -0.114. The molecule has 1 aromatic heterocycles. The molecule has 0 spiro atoms. The summed E-state index contributed by atoms with van der Waals surface area (Å²) in [7, 11) is 0. The first-order chi connectivity index (χ1) is 8.74. The molecule has 3 rings (SSSR count). The molecule has 2 aliphatic heterocycles. The molecule has 0 saturated carbocycles. The van der Waals surface area contributed by atoms with E-state index in [1.807, 2.05) is 6.92 Å². The molecule has 1 aromatic rings. The van der Waals surface area contributed by atoms with Crippen LogP contribution < -0.4 is 0 Å². The molecule has 0 aliphatic carbocycles. The normalized spacial score (nSPS) is 27.7. The number of cyclic esters (lactones) is 1. The molecule has 3 heterocycles. The molecular formula is C12H17N3O2S. The van der Waals surface area contributed by atoms with Crippen LogP contribution in [0.25, 0.3) is 0 Å². The van der Waals surface area contributed by atoms with E-state index < -0.39 is 0 Å². The van der Waals surface area contributed by atoms with Gasteiger partial charge in [0.15, 0.2) is 5.16 Å². The number of hydrogen-bond acceptors (Lipinski definition) is 5. The molecule has 18 heavy (non-hydrogen) atoms. The lowest BCUT2D eigenvalue weighted by molar-refractivity contribution is -0.140. The summed E-state index contributed by atoms with van der Waals surface area (Å²) >= 11 is 1.51. The van der Waals surface area contributed by atoms with Gasteiger partial charge in [-0.25, -0.2) is 0 Å². The topological polar surface area (TPSA) is 57.0 Å². The first-order valence-corrected chi connectivity index (χ1v) is 7.41. The van der Waals surface area contributed by atoms with Gasteiger partial charge in [-0.1, -0.05) is 18.2 Å². The maximum atomic E-state index is 11.6. The van der Waals surface area contributed by atoms with E-state index in [1.54, 1.807) is 0 Å². The molecule has 6 heteroatoms.